The molecule has 0 aliphatic carbocycles. The molecule has 1 unspecified atom stereocenters. The van der Waals surface area contributed by atoms with Gasteiger partial charge in [0.2, 0.25) is 5.72 Å². The Morgan fingerprint density at radius 3 is 2.45 bits per heavy atom. The first-order valence-electron chi connectivity index (χ1n) is 5.91. The number of hydrazine groups is 1. The maximum absolute atomic E-state index is 13.1. The van der Waals surface area contributed by atoms with Crippen LogP contribution in [0.2, 0.25) is 0 Å². The normalized spacial score (nSPS) is 21.5. The molecule has 122 valence electrons. The lowest BCUT2D eigenvalue weighted by atomic mass is 10.2. The summed E-state index contributed by atoms with van der Waals surface area (Å²) < 4.78 is 53.0. The quantitative estimate of drug-likeness (QED) is 0.773. The lowest BCUT2D eigenvalue weighted by Gasteiger charge is -2.31. The summed E-state index contributed by atoms with van der Waals surface area (Å²) in [5.74, 6) is -1.18. The molecule has 0 bridgehead atoms. The van der Waals surface area contributed by atoms with Gasteiger partial charge in [-0.2, -0.15) is 5.10 Å². The van der Waals surface area contributed by atoms with E-state index in [4.69, 9.17) is 0 Å². The van der Waals surface area contributed by atoms with Gasteiger partial charge in [-0.15, -0.1) is 0 Å². The first-order chi connectivity index (χ1) is 10.1. The van der Waals surface area contributed by atoms with Crippen molar-refractivity contribution in [3.8, 4) is 0 Å². The van der Waals surface area contributed by atoms with Crippen LogP contribution in [0.25, 0.3) is 0 Å². The van der Waals surface area contributed by atoms with Crippen molar-refractivity contribution in [1.29, 1.82) is 0 Å². The van der Waals surface area contributed by atoms with E-state index in [1.54, 1.807) is 6.92 Å². The molecule has 0 radical (unpaired) electrons. The molecule has 2 heterocycles. The van der Waals surface area contributed by atoms with Crippen molar-refractivity contribution in [3.63, 3.8) is 0 Å². The van der Waals surface area contributed by atoms with Gasteiger partial charge in [-0.25, -0.2) is 22.6 Å². The molecule has 0 spiro atoms. The molecule has 2 rings (SSSR count). The van der Waals surface area contributed by atoms with Crippen molar-refractivity contribution in [2.75, 3.05) is 0 Å². The summed E-state index contributed by atoms with van der Waals surface area (Å²) in [6, 6.07) is 0. The van der Waals surface area contributed by atoms with Crippen LogP contribution in [0.1, 0.15) is 16.2 Å². The van der Waals surface area contributed by atoms with E-state index in [2.05, 4.69) is 21.0 Å². The Balaban J connectivity index is 2.43. The molecular weight excluding hydrogens is 376 g/mol. The number of rotatable bonds is 3. The van der Waals surface area contributed by atoms with E-state index in [0.29, 0.717) is 5.69 Å². The van der Waals surface area contributed by atoms with Gasteiger partial charge in [-0.3, -0.25) is 14.9 Å². The molecule has 2 N–H and O–H groups in total. The van der Waals surface area contributed by atoms with Crippen molar-refractivity contribution in [2.45, 2.75) is 25.5 Å². The third kappa shape index (κ3) is 2.47. The molecule has 1 aromatic rings. The number of hydrogen-bond acceptors (Lipinski definition) is 4. The Kier molecular flexibility index (Phi) is 4.22. The molecule has 1 amide bonds. The van der Waals surface area contributed by atoms with Gasteiger partial charge in [0.25, 0.3) is 18.8 Å². The monoisotopic (exact) mass is 386 g/mol. The Morgan fingerprint density at radius 1 is 1.45 bits per heavy atom. The highest BCUT2D eigenvalue weighted by molar-refractivity contribution is 9.10. The van der Waals surface area contributed by atoms with Crippen LogP contribution in [0.4, 0.5) is 17.6 Å². The standard InChI is InChI=1S/C11H11BrF4N4O2/c1-4-6(12)7(18-19(4)2)9(21)20-11(22,10(15)16)3-5(17-20)8(13)14/h3,8,10,17,22H,1-2H3. The number of carbonyl (C=O) groups excluding carboxylic acids is 1. The number of aromatic nitrogens is 2. The summed E-state index contributed by atoms with van der Waals surface area (Å²) in [5.41, 5.74) is -2.14. The summed E-state index contributed by atoms with van der Waals surface area (Å²) in [5, 5.41) is 13.7. The molecule has 22 heavy (non-hydrogen) atoms. The van der Waals surface area contributed by atoms with Gasteiger partial charge >= 0.3 is 0 Å². The van der Waals surface area contributed by atoms with Gasteiger partial charge in [0, 0.05) is 13.1 Å². The first kappa shape index (κ1) is 16.7. The Hall–Kier alpha value is -1.62. The largest absolute Gasteiger partial charge is 0.361 e. The minimum Gasteiger partial charge on any atom is -0.361 e. The minimum atomic E-state index is -3.50. The van der Waals surface area contributed by atoms with Crippen LogP contribution in [-0.4, -0.2) is 44.4 Å². The van der Waals surface area contributed by atoms with Crippen LogP contribution in [0.3, 0.4) is 0 Å². The first-order valence-corrected chi connectivity index (χ1v) is 6.70. The third-order valence-electron chi connectivity index (χ3n) is 3.19. The second-order valence-electron chi connectivity index (χ2n) is 4.61. The summed E-state index contributed by atoms with van der Waals surface area (Å²) in [6.45, 7) is 1.60. The zero-order valence-corrected chi connectivity index (χ0v) is 12.9. The van der Waals surface area contributed by atoms with E-state index in [9.17, 15) is 27.5 Å². The zero-order valence-electron chi connectivity index (χ0n) is 11.3. The lowest BCUT2D eigenvalue weighted by molar-refractivity contribution is -0.147. The van der Waals surface area contributed by atoms with E-state index >= 15 is 0 Å². The molecule has 1 aliphatic heterocycles. The minimum absolute atomic E-state index is 0.0473. The maximum Gasteiger partial charge on any atom is 0.297 e. The average Bonchev–Trinajstić information content (AvgIpc) is 2.92. The number of aryl methyl sites for hydroxylation is 1. The SMILES string of the molecule is Cc1c(Br)c(C(=O)N2NC(C(F)F)=CC2(O)C(F)F)nn1C. The molecule has 0 fully saturated rings. The van der Waals surface area contributed by atoms with E-state index in [0.717, 1.165) is 0 Å². The molecule has 11 heteroatoms. The summed E-state index contributed by atoms with van der Waals surface area (Å²) >= 11 is 3.07. The second kappa shape index (κ2) is 5.54. The number of halogens is 5. The van der Waals surface area contributed by atoms with E-state index in [-0.39, 0.29) is 21.3 Å². The fourth-order valence-corrected chi connectivity index (χ4v) is 2.36. The van der Waals surface area contributed by atoms with Crippen LogP contribution in [0.5, 0.6) is 0 Å². The number of allylic oxidation sites excluding steroid dienone is 1. The Morgan fingerprint density at radius 2 is 2.05 bits per heavy atom. The average molecular weight is 387 g/mol. The molecule has 1 aliphatic rings. The van der Waals surface area contributed by atoms with Crippen LogP contribution in [0, 0.1) is 6.92 Å². The molecule has 6 nitrogen and oxygen atoms in total. The zero-order chi connectivity index (χ0) is 16.8. The smallest absolute Gasteiger partial charge is 0.297 e. The van der Waals surface area contributed by atoms with E-state index in [1.807, 2.05) is 5.43 Å². The molecule has 0 aromatic carbocycles. The van der Waals surface area contributed by atoms with Crippen molar-refractivity contribution in [3.05, 3.63) is 27.6 Å². The number of alkyl halides is 4. The molecule has 0 saturated heterocycles. The van der Waals surface area contributed by atoms with Crippen molar-refractivity contribution in [1.82, 2.24) is 20.2 Å². The van der Waals surface area contributed by atoms with Gasteiger partial charge in [0.1, 0.15) is 0 Å². The third-order valence-corrected chi connectivity index (χ3v) is 4.14. The number of aliphatic hydroxyl groups is 1. The molecule has 1 aromatic heterocycles. The maximum atomic E-state index is 13.1. The number of hydrogen-bond donors (Lipinski definition) is 2. The Bertz CT molecular complexity index is 648. The van der Waals surface area contributed by atoms with Crippen molar-refractivity contribution in [2.24, 2.45) is 7.05 Å². The second-order valence-corrected chi connectivity index (χ2v) is 5.40. The van der Waals surface area contributed by atoms with Crippen LogP contribution in [-0.2, 0) is 7.05 Å². The van der Waals surface area contributed by atoms with Gasteiger partial charge in [0.05, 0.1) is 15.9 Å². The van der Waals surface area contributed by atoms with Gasteiger partial charge < -0.3 is 5.11 Å². The Labute approximate surface area is 130 Å². The topological polar surface area (TPSA) is 70.4 Å². The number of nitrogens with one attached hydrogen (secondary N) is 1. The predicted octanol–water partition coefficient (Wildman–Crippen LogP) is 1.55. The summed E-state index contributed by atoms with van der Waals surface area (Å²) in [7, 11) is 1.51. The summed E-state index contributed by atoms with van der Waals surface area (Å²) in [6.07, 6.45) is -6.43. The van der Waals surface area contributed by atoms with Crippen LogP contribution < -0.4 is 5.43 Å². The van der Waals surface area contributed by atoms with E-state index < -0.39 is 30.2 Å². The number of carbonyl (C=O) groups is 1. The fourth-order valence-electron chi connectivity index (χ4n) is 1.86. The lowest BCUT2D eigenvalue weighted by Crippen LogP contribution is -2.57. The highest BCUT2D eigenvalue weighted by Crippen LogP contribution is 2.32. The highest BCUT2D eigenvalue weighted by atomic mass is 79.9. The van der Waals surface area contributed by atoms with Gasteiger partial charge in [-0.1, -0.05) is 0 Å². The van der Waals surface area contributed by atoms with Crippen molar-refractivity contribution >= 4 is 21.8 Å². The molecule has 0 saturated carbocycles. The summed E-state index contributed by atoms with van der Waals surface area (Å²) in [4.78, 5) is 12.3. The van der Waals surface area contributed by atoms with Gasteiger partial charge in [-0.05, 0) is 22.9 Å². The van der Waals surface area contributed by atoms with Gasteiger partial charge in [0.15, 0.2) is 5.69 Å². The van der Waals surface area contributed by atoms with Crippen LogP contribution in [0.15, 0.2) is 16.2 Å². The molecular formula is C11H11BrF4N4O2. The number of nitrogens with zero attached hydrogens (tertiary/aromatic N) is 3. The van der Waals surface area contributed by atoms with Crippen LogP contribution >= 0.6 is 15.9 Å². The van der Waals surface area contributed by atoms with Crippen molar-refractivity contribution < 1.29 is 27.5 Å². The highest BCUT2D eigenvalue weighted by Gasteiger charge is 2.51. The number of amides is 1. The molecule has 1 atom stereocenters. The van der Waals surface area contributed by atoms with E-state index in [1.165, 1.54) is 11.7 Å². The fraction of sp³-hybridized carbons (Fsp3) is 0.455. The predicted molar refractivity (Wildman–Crippen MR) is 70.0 cm³/mol.